The highest BCUT2D eigenvalue weighted by Crippen LogP contribution is 2.22. The first-order chi connectivity index (χ1) is 8.20. The Morgan fingerprint density at radius 3 is 3.00 bits per heavy atom. The Hall–Kier alpha value is -1.06. The third-order valence-electron chi connectivity index (χ3n) is 3.16. The summed E-state index contributed by atoms with van der Waals surface area (Å²) in [6.07, 6.45) is 0.872. The number of rotatable bonds is 3. The monoisotopic (exact) mass is 253 g/mol. The molecule has 4 heteroatoms. The average molecular weight is 254 g/mol. The van der Waals surface area contributed by atoms with Crippen LogP contribution in [0, 0.1) is 5.92 Å². The van der Waals surface area contributed by atoms with E-state index in [1.165, 1.54) is 7.11 Å². The first-order valence-electron chi connectivity index (χ1n) is 5.74. The molecule has 1 fully saturated rings. The summed E-state index contributed by atoms with van der Waals surface area (Å²) in [4.78, 5) is 13.6. The van der Waals surface area contributed by atoms with Crippen LogP contribution >= 0.6 is 11.6 Å². The molecular weight excluding hydrogens is 238 g/mol. The van der Waals surface area contributed by atoms with Crippen LogP contribution in [-0.2, 0) is 16.1 Å². The number of esters is 1. The summed E-state index contributed by atoms with van der Waals surface area (Å²) < 4.78 is 4.76. The minimum Gasteiger partial charge on any atom is -0.469 e. The summed E-state index contributed by atoms with van der Waals surface area (Å²) in [7, 11) is 1.44. The van der Waals surface area contributed by atoms with Crippen molar-refractivity contribution < 1.29 is 9.53 Å². The molecule has 0 aromatic heterocycles. The van der Waals surface area contributed by atoms with Gasteiger partial charge in [0.2, 0.25) is 0 Å². The molecule has 0 saturated carbocycles. The summed E-state index contributed by atoms with van der Waals surface area (Å²) >= 11 is 6.11. The molecule has 1 saturated heterocycles. The zero-order valence-corrected chi connectivity index (χ0v) is 10.6. The number of hydrogen-bond acceptors (Lipinski definition) is 3. The summed E-state index contributed by atoms with van der Waals surface area (Å²) in [6.45, 7) is 2.48. The van der Waals surface area contributed by atoms with Gasteiger partial charge in [-0.05, 0) is 24.6 Å². The van der Waals surface area contributed by atoms with Gasteiger partial charge in [0.15, 0.2) is 0 Å². The first-order valence-corrected chi connectivity index (χ1v) is 6.12. The fourth-order valence-corrected chi connectivity index (χ4v) is 2.40. The lowest BCUT2D eigenvalue weighted by atomic mass is 10.1. The summed E-state index contributed by atoms with van der Waals surface area (Å²) in [5.74, 6) is -0.0888. The van der Waals surface area contributed by atoms with Crippen LogP contribution in [0.1, 0.15) is 12.0 Å². The van der Waals surface area contributed by atoms with Crippen molar-refractivity contribution in [3.63, 3.8) is 0 Å². The molecule has 1 aromatic carbocycles. The highest BCUT2D eigenvalue weighted by Gasteiger charge is 2.28. The van der Waals surface area contributed by atoms with Crippen LogP contribution < -0.4 is 0 Å². The van der Waals surface area contributed by atoms with Crippen LogP contribution in [0.2, 0.25) is 5.02 Å². The molecule has 0 aliphatic carbocycles. The number of ether oxygens (including phenoxy) is 1. The largest absolute Gasteiger partial charge is 0.469 e. The molecule has 3 nitrogen and oxygen atoms in total. The second kappa shape index (κ2) is 5.52. The number of carbonyl (C=O) groups is 1. The molecule has 1 heterocycles. The van der Waals surface area contributed by atoms with Crippen molar-refractivity contribution in [2.75, 3.05) is 20.2 Å². The molecule has 0 radical (unpaired) electrons. The maximum absolute atomic E-state index is 11.4. The average Bonchev–Trinajstić information content (AvgIpc) is 2.80. The molecule has 1 atom stereocenters. The molecule has 1 aliphatic heterocycles. The van der Waals surface area contributed by atoms with Gasteiger partial charge in [-0.25, -0.2) is 0 Å². The van der Waals surface area contributed by atoms with E-state index in [1.807, 2.05) is 24.3 Å². The van der Waals surface area contributed by atoms with Crippen LogP contribution in [0.5, 0.6) is 0 Å². The van der Waals surface area contributed by atoms with Gasteiger partial charge >= 0.3 is 5.97 Å². The Morgan fingerprint density at radius 1 is 1.53 bits per heavy atom. The van der Waals surface area contributed by atoms with Gasteiger partial charge in [-0.2, -0.15) is 0 Å². The fourth-order valence-electron chi connectivity index (χ4n) is 2.20. The van der Waals surface area contributed by atoms with E-state index >= 15 is 0 Å². The molecule has 2 rings (SSSR count). The highest BCUT2D eigenvalue weighted by atomic mass is 35.5. The number of hydrogen-bond donors (Lipinski definition) is 0. The second-order valence-corrected chi connectivity index (χ2v) is 4.74. The van der Waals surface area contributed by atoms with Crippen molar-refractivity contribution in [3.8, 4) is 0 Å². The number of halogens is 1. The van der Waals surface area contributed by atoms with Crippen LogP contribution in [-0.4, -0.2) is 31.1 Å². The molecule has 17 heavy (non-hydrogen) atoms. The third kappa shape index (κ3) is 2.99. The molecule has 0 spiro atoms. The fraction of sp³-hybridized carbons (Fsp3) is 0.462. The lowest BCUT2D eigenvalue weighted by molar-refractivity contribution is -0.144. The zero-order valence-electron chi connectivity index (χ0n) is 9.86. The Labute approximate surface area is 106 Å². The summed E-state index contributed by atoms with van der Waals surface area (Å²) in [5.41, 5.74) is 1.11. The Morgan fingerprint density at radius 2 is 2.29 bits per heavy atom. The maximum atomic E-state index is 11.4. The van der Waals surface area contributed by atoms with Gasteiger partial charge in [0.25, 0.3) is 0 Å². The standard InChI is InChI=1S/C13H16ClNO2/c1-17-13(16)11-6-7-15(9-11)8-10-4-2-3-5-12(10)14/h2-5,11H,6-9H2,1H3. The second-order valence-electron chi connectivity index (χ2n) is 4.34. The van der Waals surface area contributed by atoms with E-state index in [0.29, 0.717) is 0 Å². The van der Waals surface area contributed by atoms with Crippen molar-refractivity contribution in [1.29, 1.82) is 0 Å². The first kappa shape index (κ1) is 12.4. The van der Waals surface area contributed by atoms with Crippen molar-refractivity contribution in [2.45, 2.75) is 13.0 Å². The minimum absolute atomic E-state index is 0.0162. The smallest absolute Gasteiger partial charge is 0.310 e. The Balaban J connectivity index is 1.94. The minimum atomic E-state index is -0.105. The van der Waals surface area contributed by atoms with E-state index < -0.39 is 0 Å². The van der Waals surface area contributed by atoms with E-state index in [9.17, 15) is 4.79 Å². The molecule has 0 amide bonds. The van der Waals surface area contributed by atoms with Gasteiger partial charge in [0, 0.05) is 18.1 Å². The molecule has 1 aliphatic rings. The van der Waals surface area contributed by atoms with Crippen molar-refractivity contribution in [3.05, 3.63) is 34.9 Å². The number of benzene rings is 1. The van der Waals surface area contributed by atoms with E-state index in [2.05, 4.69) is 4.90 Å². The predicted molar refractivity (Wildman–Crippen MR) is 66.9 cm³/mol. The molecular formula is C13H16ClNO2. The maximum Gasteiger partial charge on any atom is 0.310 e. The lowest BCUT2D eigenvalue weighted by Crippen LogP contribution is -2.23. The molecule has 1 aromatic rings. The van der Waals surface area contributed by atoms with Gasteiger partial charge in [0.05, 0.1) is 13.0 Å². The third-order valence-corrected chi connectivity index (χ3v) is 3.53. The molecule has 1 unspecified atom stereocenters. The molecule has 0 N–H and O–H groups in total. The number of nitrogens with zero attached hydrogens (tertiary/aromatic N) is 1. The quantitative estimate of drug-likeness (QED) is 0.775. The number of carbonyl (C=O) groups excluding carboxylic acids is 1. The topological polar surface area (TPSA) is 29.5 Å². The van der Waals surface area contributed by atoms with Gasteiger partial charge < -0.3 is 4.74 Å². The van der Waals surface area contributed by atoms with E-state index in [-0.39, 0.29) is 11.9 Å². The molecule has 0 bridgehead atoms. The lowest BCUT2D eigenvalue weighted by Gasteiger charge is -2.16. The number of likely N-dealkylation sites (tertiary alicyclic amines) is 1. The van der Waals surface area contributed by atoms with E-state index in [0.717, 1.165) is 36.6 Å². The van der Waals surface area contributed by atoms with Crippen LogP contribution in [0.4, 0.5) is 0 Å². The van der Waals surface area contributed by atoms with Gasteiger partial charge in [-0.3, -0.25) is 9.69 Å². The van der Waals surface area contributed by atoms with Crippen LogP contribution in [0.3, 0.4) is 0 Å². The van der Waals surface area contributed by atoms with Crippen LogP contribution in [0.15, 0.2) is 24.3 Å². The predicted octanol–water partition coefficient (Wildman–Crippen LogP) is 2.33. The van der Waals surface area contributed by atoms with Crippen LogP contribution in [0.25, 0.3) is 0 Å². The van der Waals surface area contributed by atoms with E-state index in [1.54, 1.807) is 0 Å². The summed E-state index contributed by atoms with van der Waals surface area (Å²) in [6, 6.07) is 7.82. The van der Waals surface area contributed by atoms with Crippen molar-refractivity contribution >= 4 is 17.6 Å². The van der Waals surface area contributed by atoms with Gasteiger partial charge in [0.1, 0.15) is 0 Å². The number of methoxy groups -OCH3 is 1. The van der Waals surface area contributed by atoms with Gasteiger partial charge in [-0.1, -0.05) is 29.8 Å². The Kier molecular flexibility index (Phi) is 4.02. The Bertz CT molecular complexity index is 408. The van der Waals surface area contributed by atoms with Crippen molar-refractivity contribution in [2.24, 2.45) is 5.92 Å². The summed E-state index contributed by atoms with van der Waals surface area (Å²) in [5, 5.41) is 0.786. The van der Waals surface area contributed by atoms with E-state index in [4.69, 9.17) is 16.3 Å². The highest BCUT2D eigenvalue weighted by molar-refractivity contribution is 6.31. The van der Waals surface area contributed by atoms with Gasteiger partial charge in [-0.15, -0.1) is 0 Å². The zero-order chi connectivity index (χ0) is 12.3. The SMILES string of the molecule is COC(=O)C1CCN(Cc2ccccc2Cl)C1. The normalized spacial score (nSPS) is 20.5. The molecule has 92 valence electrons. The van der Waals surface area contributed by atoms with Crippen molar-refractivity contribution in [1.82, 2.24) is 4.90 Å².